The van der Waals surface area contributed by atoms with Crippen LogP contribution in [-0.4, -0.2) is 41.7 Å². The van der Waals surface area contributed by atoms with Crippen molar-refractivity contribution >= 4 is 27.7 Å². The van der Waals surface area contributed by atoms with Gasteiger partial charge in [0.15, 0.2) is 0 Å². The summed E-state index contributed by atoms with van der Waals surface area (Å²) in [5.41, 5.74) is 0. The Labute approximate surface area is 93.2 Å². The molecule has 0 radical (unpaired) electrons. The fourth-order valence-corrected chi connectivity index (χ4v) is 0.932. The van der Waals surface area contributed by atoms with Gasteiger partial charge in [-0.1, -0.05) is 22.9 Å². The van der Waals surface area contributed by atoms with Crippen LogP contribution < -0.4 is 5.32 Å². The van der Waals surface area contributed by atoms with Crippen LogP contribution in [0.1, 0.15) is 20.3 Å². The van der Waals surface area contributed by atoms with Gasteiger partial charge in [0, 0.05) is 13.6 Å². The number of amides is 2. The first-order valence-corrected chi connectivity index (χ1v) is 5.60. The Hall–Kier alpha value is -0.580. The van der Waals surface area contributed by atoms with E-state index in [1.54, 1.807) is 11.9 Å². The highest BCUT2D eigenvalue weighted by molar-refractivity contribution is 9.10. The number of alkyl halides is 1. The number of hydrogen-bond acceptors (Lipinski definition) is 2. The number of nitrogens with zero attached hydrogens (tertiary/aromatic N) is 1. The van der Waals surface area contributed by atoms with Gasteiger partial charge in [0.25, 0.3) is 0 Å². The molecule has 0 heterocycles. The maximum Gasteiger partial charge on any atom is 0.241 e. The van der Waals surface area contributed by atoms with Crippen molar-refractivity contribution in [1.82, 2.24) is 10.2 Å². The second kappa shape index (κ2) is 6.81. The molecule has 1 atom stereocenters. The summed E-state index contributed by atoms with van der Waals surface area (Å²) in [7, 11) is 1.71. The van der Waals surface area contributed by atoms with Gasteiger partial charge in [0.1, 0.15) is 0 Å². The number of rotatable bonds is 5. The minimum atomic E-state index is -0.206. The van der Waals surface area contributed by atoms with Crippen molar-refractivity contribution in [3.05, 3.63) is 0 Å². The highest BCUT2D eigenvalue weighted by atomic mass is 79.9. The lowest BCUT2D eigenvalue weighted by atomic mass is 10.3. The monoisotopic (exact) mass is 264 g/mol. The van der Waals surface area contributed by atoms with E-state index in [2.05, 4.69) is 21.2 Å². The van der Waals surface area contributed by atoms with E-state index in [1.165, 1.54) is 0 Å². The van der Waals surface area contributed by atoms with Crippen LogP contribution in [0, 0.1) is 0 Å². The summed E-state index contributed by atoms with van der Waals surface area (Å²) in [5, 5.41) is 2.57. The Morgan fingerprint density at radius 1 is 1.43 bits per heavy atom. The number of halogens is 1. The van der Waals surface area contributed by atoms with Crippen molar-refractivity contribution in [1.29, 1.82) is 0 Å². The van der Waals surface area contributed by atoms with Crippen LogP contribution in [0.3, 0.4) is 0 Å². The normalized spacial score (nSPS) is 12.0. The molecule has 0 aliphatic rings. The van der Waals surface area contributed by atoms with Gasteiger partial charge in [-0.05, 0) is 13.3 Å². The Morgan fingerprint density at radius 2 is 2.00 bits per heavy atom. The first-order valence-electron chi connectivity index (χ1n) is 4.68. The van der Waals surface area contributed by atoms with Crippen LogP contribution in [0.4, 0.5) is 0 Å². The van der Waals surface area contributed by atoms with Crippen molar-refractivity contribution in [2.45, 2.75) is 25.1 Å². The maximum absolute atomic E-state index is 11.3. The molecule has 1 N–H and O–H groups in total. The molecule has 82 valence electrons. The minimum absolute atomic E-state index is 0.0725. The summed E-state index contributed by atoms with van der Waals surface area (Å²) in [6.45, 7) is 4.52. The second-order valence-corrected chi connectivity index (χ2v) is 4.11. The standard InChI is InChI=1S/C9H17BrN2O2/c1-4-7(10)9(14)11-6-8(13)12(3)5-2/h7H,4-6H2,1-3H3,(H,11,14). The number of carbonyl (C=O) groups excluding carboxylic acids is 2. The van der Waals surface area contributed by atoms with Gasteiger partial charge in [-0.15, -0.1) is 0 Å². The van der Waals surface area contributed by atoms with Crippen molar-refractivity contribution in [2.24, 2.45) is 0 Å². The van der Waals surface area contributed by atoms with E-state index in [0.29, 0.717) is 13.0 Å². The lowest BCUT2D eigenvalue weighted by molar-refractivity contribution is -0.131. The van der Waals surface area contributed by atoms with E-state index in [4.69, 9.17) is 0 Å². The van der Waals surface area contributed by atoms with Gasteiger partial charge < -0.3 is 10.2 Å². The molecule has 2 amide bonds. The maximum atomic E-state index is 11.3. The third kappa shape index (κ3) is 4.60. The number of hydrogen-bond donors (Lipinski definition) is 1. The summed E-state index contributed by atoms with van der Waals surface area (Å²) in [5.74, 6) is -0.206. The summed E-state index contributed by atoms with van der Waals surface area (Å²) in [6, 6.07) is 0. The average Bonchev–Trinajstić information content (AvgIpc) is 2.22. The molecule has 0 aliphatic heterocycles. The van der Waals surface area contributed by atoms with Gasteiger partial charge in [-0.2, -0.15) is 0 Å². The third-order valence-corrected chi connectivity index (χ3v) is 3.02. The summed E-state index contributed by atoms with van der Waals surface area (Å²) < 4.78 is 0. The highest BCUT2D eigenvalue weighted by Crippen LogP contribution is 2.03. The lowest BCUT2D eigenvalue weighted by Gasteiger charge is -2.15. The van der Waals surface area contributed by atoms with Crippen molar-refractivity contribution in [3.8, 4) is 0 Å². The van der Waals surface area contributed by atoms with E-state index in [0.717, 1.165) is 0 Å². The van der Waals surface area contributed by atoms with Gasteiger partial charge in [0.2, 0.25) is 11.8 Å². The smallest absolute Gasteiger partial charge is 0.241 e. The molecule has 0 saturated heterocycles. The first kappa shape index (κ1) is 13.4. The molecule has 0 rings (SSSR count). The molecule has 0 bridgehead atoms. The van der Waals surface area contributed by atoms with E-state index < -0.39 is 0 Å². The van der Waals surface area contributed by atoms with Gasteiger partial charge in [0.05, 0.1) is 11.4 Å². The predicted molar refractivity (Wildman–Crippen MR) is 59.3 cm³/mol. The molecule has 0 aromatic carbocycles. The predicted octanol–water partition coefficient (Wildman–Crippen LogP) is 0.754. The number of likely N-dealkylation sites (N-methyl/N-ethyl adjacent to an activating group) is 1. The van der Waals surface area contributed by atoms with Crippen LogP contribution in [0.2, 0.25) is 0 Å². The zero-order chi connectivity index (χ0) is 11.1. The Kier molecular flexibility index (Phi) is 6.53. The van der Waals surface area contributed by atoms with Crippen LogP contribution >= 0.6 is 15.9 Å². The lowest BCUT2D eigenvalue weighted by Crippen LogP contribution is -2.40. The van der Waals surface area contributed by atoms with E-state index >= 15 is 0 Å². The molecular weight excluding hydrogens is 248 g/mol. The molecule has 0 fully saturated rings. The van der Waals surface area contributed by atoms with Crippen molar-refractivity contribution in [2.75, 3.05) is 20.1 Å². The van der Waals surface area contributed by atoms with E-state index in [9.17, 15) is 9.59 Å². The van der Waals surface area contributed by atoms with Crippen LogP contribution in [-0.2, 0) is 9.59 Å². The number of nitrogens with one attached hydrogen (secondary N) is 1. The zero-order valence-electron chi connectivity index (χ0n) is 8.84. The summed E-state index contributed by atoms with van der Waals surface area (Å²) >= 11 is 3.21. The van der Waals surface area contributed by atoms with Crippen LogP contribution in [0.25, 0.3) is 0 Å². The summed E-state index contributed by atoms with van der Waals surface area (Å²) in [6.07, 6.45) is 0.712. The van der Waals surface area contributed by atoms with E-state index in [-0.39, 0.29) is 23.2 Å². The molecule has 0 aliphatic carbocycles. The van der Waals surface area contributed by atoms with E-state index in [1.807, 2.05) is 13.8 Å². The average molecular weight is 265 g/mol. The Bertz CT molecular complexity index is 187. The van der Waals surface area contributed by atoms with Gasteiger partial charge >= 0.3 is 0 Å². The molecule has 14 heavy (non-hydrogen) atoms. The largest absolute Gasteiger partial charge is 0.346 e. The van der Waals surface area contributed by atoms with Crippen molar-refractivity contribution in [3.63, 3.8) is 0 Å². The second-order valence-electron chi connectivity index (χ2n) is 3.00. The zero-order valence-corrected chi connectivity index (χ0v) is 10.4. The third-order valence-electron chi connectivity index (χ3n) is 1.96. The topological polar surface area (TPSA) is 49.4 Å². The molecule has 1 unspecified atom stereocenters. The van der Waals surface area contributed by atoms with Gasteiger partial charge in [-0.25, -0.2) is 0 Å². The highest BCUT2D eigenvalue weighted by Gasteiger charge is 2.14. The fraction of sp³-hybridized carbons (Fsp3) is 0.778. The molecule has 0 saturated carbocycles. The Balaban J connectivity index is 3.83. The molecule has 0 aromatic rings. The molecule has 0 spiro atoms. The van der Waals surface area contributed by atoms with Crippen LogP contribution in [0.15, 0.2) is 0 Å². The quantitative estimate of drug-likeness (QED) is 0.746. The first-order chi connectivity index (χ1) is 6.52. The molecule has 4 nitrogen and oxygen atoms in total. The van der Waals surface area contributed by atoms with Crippen LogP contribution in [0.5, 0.6) is 0 Å². The number of carbonyl (C=O) groups is 2. The Morgan fingerprint density at radius 3 is 2.43 bits per heavy atom. The minimum Gasteiger partial charge on any atom is -0.346 e. The van der Waals surface area contributed by atoms with Gasteiger partial charge in [-0.3, -0.25) is 9.59 Å². The molecular formula is C9H17BrN2O2. The molecule has 5 heteroatoms. The fourth-order valence-electron chi connectivity index (χ4n) is 0.770. The SMILES string of the molecule is CCC(Br)C(=O)NCC(=O)N(C)CC. The van der Waals surface area contributed by atoms with Crippen molar-refractivity contribution < 1.29 is 9.59 Å². The molecule has 0 aromatic heterocycles. The summed E-state index contributed by atoms with van der Waals surface area (Å²) in [4.78, 5) is 23.9.